The van der Waals surface area contributed by atoms with Crippen molar-refractivity contribution in [1.82, 2.24) is 20.0 Å². The second-order valence-electron chi connectivity index (χ2n) is 4.44. The van der Waals surface area contributed by atoms with Crippen LogP contribution in [0.2, 0.25) is 0 Å². The molecule has 19 heavy (non-hydrogen) atoms. The van der Waals surface area contributed by atoms with Crippen molar-refractivity contribution in [3.8, 4) is 0 Å². The Morgan fingerprint density at radius 1 is 1.58 bits per heavy atom. The van der Waals surface area contributed by atoms with Gasteiger partial charge in [-0.3, -0.25) is 4.68 Å². The lowest BCUT2D eigenvalue weighted by molar-refractivity contribution is 0.153. The molecular formula is C12H20N4O2S. The van der Waals surface area contributed by atoms with Crippen LogP contribution in [0.4, 0.5) is 4.79 Å². The van der Waals surface area contributed by atoms with Crippen molar-refractivity contribution in [2.75, 3.05) is 38.3 Å². The summed E-state index contributed by atoms with van der Waals surface area (Å²) in [5.41, 5.74) is 0.946. The van der Waals surface area contributed by atoms with Gasteiger partial charge in [0.05, 0.1) is 18.3 Å². The van der Waals surface area contributed by atoms with Crippen molar-refractivity contribution in [1.29, 1.82) is 0 Å². The number of ether oxygens (including phenoxy) is 1. The van der Waals surface area contributed by atoms with Gasteiger partial charge in [-0.25, -0.2) is 4.79 Å². The number of aromatic nitrogens is 2. The molecule has 1 aromatic rings. The Labute approximate surface area is 117 Å². The molecule has 0 radical (unpaired) electrons. The number of urea groups is 1. The van der Waals surface area contributed by atoms with E-state index in [0.717, 1.165) is 30.3 Å². The molecule has 1 aliphatic rings. The monoisotopic (exact) mass is 284 g/mol. The van der Waals surface area contributed by atoms with Crippen molar-refractivity contribution in [3.63, 3.8) is 0 Å². The molecule has 7 heteroatoms. The molecule has 2 heterocycles. The molecule has 0 saturated carbocycles. The third-order valence-electron chi connectivity index (χ3n) is 3.15. The predicted octanol–water partition coefficient (Wildman–Crippen LogP) is 0.866. The number of nitrogens with zero attached hydrogens (tertiary/aromatic N) is 3. The Morgan fingerprint density at radius 3 is 2.89 bits per heavy atom. The number of carbonyl (C=O) groups excluding carboxylic acids is 1. The Morgan fingerprint density at radius 2 is 2.32 bits per heavy atom. The van der Waals surface area contributed by atoms with Crippen LogP contribution in [0.15, 0.2) is 12.3 Å². The molecule has 1 aliphatic heterocycles. The smallest absolute Gasteiger partial charge is 0.318 e. The predicted molar refractivity (Wildman–Crippen MR) is 75.3 cm³/mol. The fraction of sp³-hybridized carbons (Fsp3) is 0.667. The molecular weight excluding hydrogens is 264 g/mol. The quantitative estimate of drug-likeness (QED) is 0.891. The normalized spacial score (nSPS) is 17.3. The average Bonchev–Trinajstić information content (AvgIpc) is 2.85. The lowest BCUT2D eigenvalue weighted by Crippen LogP contribution is -2.46. The first kappa shape index (κ1) is 14.2. The molecule has 2 rings (SSSR count). The highest BCUT2D eigenvalue weighted by atomic mass is 32.2. The number of methoxy groups -OCH3 is 1. The minimum atomic E-state index is -0.167. The summed E-state index contributed by atoms with van der Waals surface area (Å²) >= 11 is 1.88. The lowest BCUT2D eigenvalue weighted by Gasteiger charge is -2.29. The van der Waals surface area contributed by atoms with Gasteiger partial charge >= 0.3 is 6.03 Å². The van der Waals surface area contributed by atoms with Crippen molar-refractivity contribution >= 4 is 17.8 Å². The zero-order chi connectivity index (χ0) is 13.7. The summed E-state index contributed by atoms with van der Waals surface area (Å²) in [5, 5.41) is 7.16. The number of rotatable bonds is 4. The van der Waals surface area contributed by atoms with Crippen LogP contribution in [0.25, 0.3) is 0 Å². The van der Waals surface area contributed by atoms with E-state index in [9.17, 15) is 4.79 Å². The van der Waals surface area contributed by atoms with Gasteiger partial charge in [-0.1, -0.05) is 0 Å². The maximum absolute atomic E-state index is 12.2. The first-order chi connectivity index (χ1) is 9.22. The van der Waals surface area contributed by atoms with E-state index in [1.807, 2.05) is 29.8 Å². The number of aryl methyl sites for hydroxylation is 1. The minimum Gasteiger partial charge on any atom is -0.382 e. The standard InChI is InChI=1S/C12H20N4O2S/c1-15-11(3-4-13-15)10(9-18-2)14-12(17)16-5-7-19-8-6-16/h3-4,10H,5-9H2,1-2H3,(H,14,17)/t10-/m0/s1. The second kappa shape index (κ2) is 6.81. The van der Waals surface area contributed by atoms with Gasteiger partial charge in [0.15, 0.2) is 0 Å². The molecule has 0 unspecified atom stereocenters. The minimum absolute atomic E-state index is 0.0245. The summed E-state index contributed by atoms with van der Waals surface area (Å²) in [4.78, 5) is 14.1. The van der Waals surface area contributed by atoms with E-state index in [0.29, 0.717) is 6.61 Å². The number of amides is 2. The van der Waals surface area contributed by atoms with Crippen molar-refractivity contribution in [2.45, 2.75) is 6.04 Å². The summed E-state index contributed by atoms with van der Waals surface area (Å²) in [6, 6.07) is 1.71. The van der Waals surface area contributed by atoms with Gasteiger partial charge in [0.2, 0.25) is 0 Å². The number of carbonyl (C=O) groups is 1. The lowest BCUT2D eigenvalue weighted by atomic mass is 10.2. The molecule has 1 fully saturated rings. The number of hydrogen-bond donors (Lipinski definition) is 1. The van der Waals surface area contributed by atoms with E-state index >= 15 is 0 Å². The highest BCUT2D eigenvalue weighted by molar-refractivity contribution is 7.99. The summed E-state index contributed by atoms with van der Waals surface area (Å²) in [7, 11) is 3.49. The third-order valence-corrected chi connectivity index (χ3v) is 4.09. The Kier molecular flexibility index (Phi) is 5.09. The maximum Gasteiger partial charge on any atom is 0.318 e. The fourth-order valence-electron chi connectivity index (χ4n) is 2.10. The third kappa shape index (κ3) is 3.63. The summed E-state index contributed by atoms with van der Waals surface area (Å²) < 4.78 is 6.95. The summed E-state index contributed by atoms with van der Waals surface area (Å²) in [6.07, 6.45) is 1.72. The topological polar surface area (TPSA) is 59.4 Å². The van der Waals surface area contributed by atoms with Crippen LogP contribution in [0.5, 0.6) is 0 Å². The Balaban J connectivity index is 2.00. The molecule has 0 bridgehead atoms. The van der Waals surface area contributed by atoms with E-state index in [-0.39, 0.29) is 12.1 Å². The van der Waals surface area contributed by atoms with Crippen LogP contribution in [-0.2, 0) is 11.8 Å². The van der Waals surface area contributed by atoms with Crippen molar-refractivity contribution < 1.29 is 9.53 Å². The molecule has 0 aromatic carbocycles. The Bertz CT molecular complexity index is 418. The highest BCUT2D eigenvalue weighted by Crippen LogP contribution is 2.14. The molecule has 6 nitrogen and oxygen atoms in total. The Hall–Kier alpha value is -1.21. The van der Waals surface area contributed by atoms with Gasteiger partial charge < -0.3 is 15.0 Å². The average molecular weight is 284 g/mol. The van der Waals surface area contributed by atoms with Crippen molar-refractivity contribution in [2.24, 2.45) is 7.05 Å². The van der Waals surface area contributed by atoms with Gasteiger partial charge in [-0.15, -0.1) is 0 Å². The van der Waals surface area contributed by atoms with Crippen molar-refractivity contribution in [3.05, 3.63) is 18.0 Å². The van der Waals surface area contributed by atoms with Crippen LogP contribution in [0, 0.1) is 0 Å². The van der Waals surface area contributed by atoms with Gasteiger partial charge in [0, 0.05) is 44.9 Å². The molecule has 0 spiro atoms. The van der Waals surface area contributed by atoms with E-state index in [4.69, 9.17) is 4.74 Å². The van der Waals surface area contributed by atoms with Crippen LogP contribution in [0.1, 0.15) is 11.7 Å². The molecule has 1 saturated heterocycles. The second-order valence-corrected chi connectivity index (χ2v) is 5.66. The molecule has 2 amide bonds. The molecule has 106 valence electrons. The number of thioether (sulfide) groups is 1. The zero-order valence-corrected chi connectivity index (χ0v) is 12.2. The summed E-state index contributed by atoms with van der Waals surface area (Å²) in [5.74, 6) is 2.02. The highest BCUT2D eigenvalue weighted by Gasteiger charge is 2.22. The van der Waals surface area contributed by atoms with E-state index in [2.05, 4.69) is 10.4 Å². The van der Waals surface area contributed by atoms with Crippen LogP contribution < -0.4 is 5.32 Å². The van der Waals surface area contributed by atoms with E-state index in [1.165, 1.54) is 0 Å². The van der Waals surface area contributed by atoms with Gasteiger partial charge in [0.1, 0.15) is 0 Å². The number of nitrogens with one attached hydrogen (secondary N) is 1. The van der Waals surface area contributed by atoms with Crippen LogP contribution >= 0.6 is 11.8 Å². The van der Waals surface area contributed by atoms with Gasteiger partial charge in [-0.2, -0.15) is 16.9 Å². The van der Waals surface area contributed by atoms with Crippen LogP contribution in [-0.4, -0.2) is 59.0 Å². The maximum atomic E-state index is 12.2. The molecule has 1 aromatic heterocycles. The first-order valence-corrected chi connectivity index (χ1v) is 7.48. The fourth-order valence-corrected chi connectivity index (χ4v) is 3.00. The first-order valence-electron chi connectivity index (χ1n) is 6.32. The van der Waals surface area contributed by atoms with Gasteiger partial charge in [0.25, 0.3) is 0 Å². The largest absolute Gasteiger partial charge is 0.382 e. The van der Waals surface area contributed by atoms with Crippen LogP contribution in [0.3, 0.4) is 0 Å². The SMILES string of the molecule is COC[C@H](NC(=O)N1CCSCC1)c1ccnn1C. The summed E-state index contributed by atoms with van der Waals surface area (Å²) in [6.45, 7) is 2.05. The molecule has 0 aliphatic carbocycles. The number of hydrogen-bond acceptors (Lipinski definition) is 4. The molecule has 1 atom stereocenters. The van der Waals surface area contributed by atoms with E-state index < -0.39 is 0 Å². The van der Waals surface area contributed by atoms with E-state index in [1.54, 1.807) is 18.0 Å². The zero-order valence-electron chi connectivity index (χ0n) is 11.3. The molecule has 1 N–H and O–H groups in total. The van der Waals surface area contributed by atoms with Gasteiger partial charge in [-0.05, 0) is 6.07 Å².